The largest absolute Gasteiger partial charge is 0.421 e. The quantitative estimate of drug-likeness (QED) is 0.596. The minimum atomic E-state index is -0.344. The van der Waals surface area contributed by atoms with Crippen LogP contribution < -0.4 is 10.9 Å². The molecule has 0 fully saturated rings. The summed E-state index contributed by atoms with van der Waals surface area (Å²) < 4.78 is 5.40. The fraction of sp³-hybridized carbons (Fsp3) is 0. The predicted octanol–water partition coefficient (Wildman–Crippen LogP) is 4.66. The van der Waals surface area contributed by atoms with E-state index in [4.69, 9.17) is 4.42 Å². The molecule has 0 saturated heterocycles. The number of nitrogens with zero attached hydrogens (tertiary/aromatic N) is 1. The van der Waals surface area contributed by atoms with E-state index in [0.29, 0.717) is 16.8 Å². The molecule has 0 aliphatic heterocycles. The van der Waals surface area contributed by atoms with Gasteiger partial charge in [0.25, 0.3) is 0 Å². The van der Waals surface area contributed by atoms with Crippen molar-refractivity contribution in [3.05, 3.63) is 76.5 Å². The Kier molecular flexibility index (Phi) is 3.40. The average molecular weight is 320 g/mol. The van der Waals surface area contributed by atoms with Gasteiger partial charge in [-0.3, -0.25) is 0 Å². The van der Waals surface area contributed by atoms with Crippen LogP contribution in [0.1, 0.15) is 0 Å². The van der Waals surface area contributed by atoms with E-state index in [0.717, 1.165) is 16.2 Å². The molecule has 4 nitrogen and oxygen atoms in total. The topological polar surface area (TPSA) is 55.1 Å². The highest BCUT2D eigenvalue weighted by Crippen LogP contribution is 2.27. The maximum absolute atomic E-state index is 12.1. The second kappa shape index (κ2) is 5.70. The first-order valence-corrected chi connectivity index (χ1v) is 7.98. The van der Waals surface area contributed by atoms with Crippen LogP contribution in [0.3, 0.4) is 0 Å². The number of benzene rings is 2. The van der Waals surface area contributed by atoms with Gasteiger partial charge >= 0.3 is 5.63 Å². The zero-order valence-corrected chi connectivity index (χ0v) is 12.8. The monoisotopic (exact) mass is 320 g/mol. The van der Waals surface area contributed by atoms with Gasteiger partial charge in [0.2, 0.25) is 0 Å². The lowest BCUT2D eigenvalue weighted by molar-refractivity contribution is 0.533. The molecule has 0 unspecified atom stereocenters. The molecule has 5 heteroatoms. The van der Waals surface area contributed by atoms with E-state index in [-0.39, 0.29) is 5.63 Å². The molecule has 4 rings (SSSR count). The molecule has 0 bridgehead atoms. The number of fused-ring (bicyclic) bond motifs is 1. The number of aromatic nitrogens is 1. The first-order chi connectivity index (χ1) is 11.3. The second-order valence-corrected chi connectivity index (χ2v) is 5.87. The third-order valence-corrected chi connectivity index (χ3v) is 4.21. The molecule has 0 radical (unpaired) electrons. The number of para-hydroxylation sites is 1. The highest BCUT2D eigenvalue weighted by Gasteiger charge is 2.10. The van der Waals surface area contributed by atoms with Gasteiger partial charge in [0.1, 0.15) is 5.69 Å². The summed E-state index contributed by atoms with van der Waals surface area (Å²) in [4.78, 5) is 16.6. The number of nitrogens with one attached hydrogen (secondary N) is 1. The average Bonchev–Trinajstić information content (AvgIpc) is 3.04. The van der Waals surface area contributed by atoms with E-state index in [1.807, 2.05) is 60.0 Å². The van der Waals surface area contributed by atoms with Gasteiger partial charge < -0.3 is 9.73 Å². The molecule has 0 saturated carbocycles. The smallest absolute Gasteiger partial charge is 0.344 e. The van der Waals surface area contributed by atoms with E-state index in [9.17, 15) is 4.79 Å². The Labute approximate surface area is 136 Å². The molecule has 4 aromatic rings. The maximum atomic E-state index is 12.1. The summed E-state index contributed by atoms with van der Waals surface area (Å²) >= 11 is 1.47. The van der Waals surface area contributed by atoms with Gasteiger partial charge in [-0.05, 0) is 29.7 Å². The van der Waals surface area contributed by atoms with Crippen molar-refractivity contribution in [2.24, 2.45) is 0 Å². The van der Waals surface area contributed by atoms with Gasteiger partial charge in [-0.2, -0.15) is 0 Å². The molecule has 0 aliphatic rings. The Morgan fingerprint density at radius 3 is 2.65 bits per heavy atom. The van der Waals surface area contributed by atoms with Gasteiger partial charge in [-0.15, -0.1) is 11.3 Å². The molecular weight excluding hydrogens is 308 g/mol. The second-order valence-electron chi connectivity index (χ2n) is 5.01. The van der Waals surface area contributed by atoms with Crippen molar-refractivity contribution < 1.29 is 4.42 Å². The van der Waals surface area contributed by atoms with Gasteiger partial charge in [-0.25, -0.2) is 9.78 Å². The minimum absolute atomic E-state index is 0.344. The highest BCUT2D eigenvalue weighted by molar-refractivity contribution is 7.14. The molecule has 1 N–H and O–H groups in total. The molecule has 23 heavy (non-hydrogen) atoms. The summed E-state index contributed by atoms with van der Waals surface area (Å²) in [5.41, 5.74) is 1.27. The van der Waals surface area contributed by atoms with Gasteiger partial charge in [0.15, 0.2) is 10.9 Å². The normalized spacial score (nSPS) is 10.8. The van der Waals surface area contributed by atoms with Crippen LogP contribution in [-0.4, -0.2) is 4.98 Å². The summed E-state index contributed by atoms with van der Waals surface area (Å²) in [6.07, 6.45) is 0. The van der Waals surface area contributed by atoms with Crippen LogP contribution in [0.5, 0.6) is 0 Å². The molecule has 0 atom stereocenters. The molecule has 2 heterocycles. The van der Waals surface area contributed by atoms with Crippen LogP contribution >= 0.6 is 11.3 Å². The van der Waals surface area contributed by atoms with Gasteiger partial charge in [0.05, 0.1) is 5.39 Å². The third-order valence-electron chi connectivity index (χ3n) is 3.45. The van der Waals surface area contributed by atoms with Crippen LogP contribution in [0.4, 0.5) is 10.8 Å². The molecule has 0 aliphatic carbocycles. The predicted molar refractivity (Wildman–Crippen MR) is 93.3 cm³/mol. The number of anilines is 2. The highest BCUT2D eigenvalue weighted by atomic mass is 32.1. The van der Waals surface area contributed by atoms with Crippen molar-refractivity contribution in [2.75, 3.05) is 5.32 Å². The Hall–Kier alpha value is -2.92. The molecule has 2 aromatic heterocycles. The molecule has 0 amide bonds. The number of hydrogen-bond acceptors (Lipinski definition) is 5. The van der Waals surface area contributed by atoms with Crippen molar-refractivity contribution in [2.45, 2.75) is 0 Å². The first kappa shape index (κ1) is 13.7. The number of rotatable bonds is 3. The van der Waals surface area contributed by atoms with Crippen molar-refractivity contribution in [3.63, 3.8) is 0 Å². The van der Waals surface area contributed by atoms with Crippen molar-refractivity contribution in [1.82, 2.24) is 4.98 Å². The molecule has 2 aromatic carbocycles. The van der Waals surface area contributed by atoms with Crippen LogP contribution in [-0.2, 0) is 0 Å². The summed E-state index contributed by atoms with van der Waals surface area (Å²) in [6.45, 7) is 0. The molecule has 0 spiro atoms. The van der Waals surface area contributed by atoms with Crippen LogP contribution in [0.2, 0.25) is 0 Å². The summed E-state index contributed by atoms with van der Waals surface area (Å²) in [6, 6.07) is 19.0. The molecule has 112 valence electrons. The SMILES string of the molecule is O=c1oc(-c2csc(Nc3ccccc3)n2)cc2ccccc12. The fourth-order valence-electron chi connectivity index (χ4n) is 2.35. The lowest BCUT2D eigenvalue weighted by Gasteiger charge is -2.01. The lowest BCUT2D eigenvalue weighted by Crippen LogP contribution is -2.00. The summed E-state index contributed by atoms with van der Waals surface area (Å²) in [7, 11) is 0. The fourth-order valence-corrected chi connectivity index (χ4v) is 3.07. The Bertz CT molecular complexity index is 1020. The van der Waals surface area contributed by atoms with E-state index >= 15 is 0 Å². The summed E-state index contributed by atoms with van der Waals surface area (Å²) in [5.74, 6) is 0.478. The maximum Gasteiger partial charge on any atom is 0.344 e. The van der Waals surface area contributed by atoms with Gasteiger partial charge in [0, 0.05) is 11.1 Å². The molecular formula is C18H12N2O2S. The Balaban J connectivity index is 1.70. The van der Waals surface area contributed by atoms with Crippen LogP contribution in [0.15, 0.2) is 75.3 Å². The van der Waals surface area contributed by atoms with Crippen LogP contribution in [0.25, 0.3) is 22.2 Å². The standard InChI is InChI=1S/C18H12N2O2S/c21-17-14-9-5-4-6-12(14)10-16(22-17)15-11-23-18(20-15)19-13-7-2-1-3-8-13/h1-11H,(H,19,20). The zero-order valence-electron chi connectivity index (χ0n) is 12.0. The number of thiazole rings is 1. The van der Waals surface area contributed by atoms with E-state index in [1.54, 1.807) is 6.07 Å². The van der Waals surface area contributed by atoms with Crippen molar-refractivity contribution in [3.8, 4) is 11.5 Å². The summed E-state index contributed by atoms with van der Waals surface area (Å²) in [5, 5.41) is 7.29. The van der Waals surface area contributed by atoms with E-state index < -0.39 is 0 Å². The van der Waals surface area contributed by atoms with Crippen LogP contribution in [0, 0.1) is 0 Å². The number of hydrogen-bond donors (Lipinski definition) is 1. The zero-order chi connectivity index (χ0) is 15.6. The van der Waals surface area contributed by atoms with Gasteiger partial charge in [-0.1, -0.05) is 36.4 Å². The Morgan fingerprint density at radius 2 is 1.78 bits per heavy atom. The van der Waals surface area contributed by atoms with Crippen molar-refractivity contribution in [1.29, 1.82) is 0 Å². The minimum Gasteiger partial charge on any atom is -0.421 e. The Morgan fingerprint density at radius 1 is 1.00 bits per heavy atom. The van der Waals surface area contributed by atoms with E-state index in [2.05, 4.69) is 10.3 Å². The lowest BCUT2D eigenvalue weighted by atomic mass is 10.1. The van der Waals surface area contributed by atoms with Crippen molar-refractivity contribution >= 4 is 32.9 Å². The van der Waals surface area contributed by atoms with E-state index in [1.165, 1.54) is 11.3 Å². The third kappa shape index (κ3) is 2.74. The first-order valence-electron chi connectivity index (χ1n) is 7.10.